The minimum Gasteiger partial charge on any atom is -0.486 e. The molecule has 0 saturated heterocycles. The highest BCUT2D eigenvalue weighted by Crippen LogP contribution is 2.44. The van der Waals surface area contributed by atoms with Crippen LogP contribution in [-0.4, -0.2) is 30.6 Å². The molecule has 1 heterocycles. The van der Waals surface area contributed by atoms with Crippen LogP contribution in [0, 0.1) is 15.9 Å². The molecular formula is C22H24FN3O5. The summed E-state index contributed by atoms with van der Waals surface area (Å²) in [6.45, 7) is 2.72. The molecule has 2 aromatic carbocycles. The van der Waals surface area contributed by atoms with Gasteiger partial charge in [-0.05, 0) is 36.6 Å². The predicted molar refractivity (Wildman–Crippen MR) is 113 cm³/mol. The molecule has 31 heavy (non-hydrogen) atoms. The second-order valence-corrected chi connectivity index (χ2v) is 7.99. The van der Waals surface area contributed by atoms with Crippen LogP contribution in [0.15, 0.2) is 30.3 Å². The van der Waals surface area contributed by atoms with Gasteiger partial charge in [0, 0.05) is 18.9 Å². The first-order valence-electron chi connectivity index (χ1n) is 10.3. The predicted octanol–water partition coefficient (Wildman–Crippen LogP) is 4.39. The van der Waals surface area contributed by atoms with Crippen LogP contribution in [0.5, 0.6) is 11.5 Å². The number of nitrogens with zero attached hydrogens (tertiary/aromatic N) is 1. The molecule has 8 nitrogen and oxygen atoms in total. The Bertz CT molecular complexity index is 1020. The molecule has 0 atom stereocenters. The summed E-state index contributed by atoms with van der Waals surface area (Å²) < 4.78 is 26.0. The number of nitro groups is 1. The maximum Gasteiger partial charge on any atom is 0.295 e. The van der Waals surface area contributed by atoms with Gasteiger partial charge in [0.25, 0.3) is 5.69 Å². The summed E-state index contributed by atoms with van der Waals surface area (Å²) in [6.07, 6.45) is 3.95. The van der Waals surface area contributed by atoms with E-state index in [4.69, 9.17) is 9.47 Å². The Morgan fingerprint density at radius 1 is 1.13 bits per heavy atom. The summed E-state index contributed by atoms with van der Waals surface area (Å²) >= 11 is 0. The molecule has 9 heteroatoms. The van der Waals surface area contributed by atoms with Crippen LogP contribution in [-0.2, 0) is 10.2 Å². The monoisotopic (exact) mass is 429 g/mol. The maximum atomic E-state index is 14.6. The van der Waals surface area contributed by atoms with Crippen molar-refractivity contribution < 1.29 is 23.6 Å². The quantitative estimate of drug-likeness (QED) is 0.522. The van der Waals surface area contributed by atoms with Crippen molar-refractivity contribution in [2.45, 2.75) is 38.0 Å². The Morgan fingerprint density at radius 2 is 1.84 bits per heavy atom. The fraction of sp³-hybridized carbons (Fsp3) is 0.409. The molecule has 1 amide bonds. The number of hydrogen-bond donors (Lipinski definition) is 2. The molecule has 0 spiro atoms. The van der Waals surface area contributed by atoms with Gasteiger partial charge >= 0.3 is 0 Å². The topological polar surface area (TPSA) is 103 Å². The fourth-order valence-electron chi connectivity index (χ4n) is 4.40. The molecule has 0 aromatic heterocycles. The zero-order valence-corrected chi connectivity index (χ0v) is 17.2. The van der Waals surface area contributed by atoms with Crippen molar-refractivity contribution in [3.05, 3.63) is 51.8 Å². The fourth-order valence-corrected chi connectivity index (χ4v) is 4.40. The lowest BCUT2D eigenvalue weighted by Gasteiger charge is -2.32. The average molecular weight is 429 g/mol. The number of carbonyl (C=O) groups excluding carboxylic acids is 1. The maximum absolute atomic E-state index is 14.6. The summed E-state index contributed by atoms with van der Waals surface area (Å²) in [4.78, 5) is 22.0. The molecule has 0 unspecified atom stereocenters. The SMILES string of the molecule is CC(=O)Nc1cc(NCC2(c3ccc4c(c3)OCCO4)CCCC2)c(F)cc1[N+](=O)[O-]. The van der Waals surface area contributed by atoms with Crippen LogP contribution in [0.4, 0.5) is 21.5 Å². The highest BCUT2D eigenvalue weighted by Gasteiger charge is 2.36. The van der Waals surface area contributed by atoms with E-state index < -0.39 is 22.3 Å². The van der Waals surface area contributed by atoms with Crippen LogP contribution in [0.1, 0.15) is 38.2 Å². The number of rotatable bonds is 6. The van der Waals surface area contributed by atoms with Crippen LogP contribution < -0.4 is 20.1 Å². The number of hydrogen-bond acceptors (Lipinski definition) is 6. The van der Waals surface area contributed by atoms with Crippen LogP contribution in [0.2, 0.25) is 0 Å². The third kappa shape index (κ3) is 4.26. The normalized spacial score (nSPS) is 16.6. The van der Waals surface area contributed by atoms with Crippen LogP contribution in [0.3, 0.4) is 0 Å². The summed E-state index contributed by atoms with van der Waals surface area (Å²) in [5, 5.41) is 16.8. The van der Waals surface area contributed by atoms with E-state index in [9.17, 15) is 19.3 Å². The van der Waals surface area contributed by atoms with Gasteiger partial charge in [-0.25, -0.2) is 4.39 Å². The van der Waals surface area contributed by atoms with Gasteiger partial charge in [0.1, 0.15) is 18.9 Å². The Balaban J connectivity index is 1.61. The number of nitrogens with one attached hydrogen (secondary N) is 2. The summed E-state index contributed by atoms with van der Waals surface area (Å²) in [5.74, 6) is 0.224. The number of fused-ring (bicyclic) bond motifs is 1. The molecule has 164 valence electrons. The summed E-state index contributed by atoms with van der Waals surface area (Å²) in [6, 6.07) is 8.04. The number of halogens is 1. The molecule has 1 saturated carbocycles. The van der Waals surface area contributed by atoms with Gasteiger partial charge < -0.3 is 20.1 Å². The Kier molecular flexibility index (Phi) is 5.67. The number of ether oxygens (including phenoxy) is 2. The van der Waals surface area contributed by atoms with Crippen molar-refractivity contribution in [3.63, 3.8) is 0 Å². The third-order valence-corrected chi connectivity index (χ3v) is 5.93. The molecule has 0 radical (unpaired) electrons. The van der Waals surface area contributed by atoms with Crippen molar-refractivity contribution in [1.82, 2.24) is 0 Å². The van der Waals surface area contributed by atoms with Crippen molar-refractivity contribution in [1.29, 1.82) is 0 Å². The van der Waals surface area contributed by atoms with E-state index in [1.165, 1.54) is 13.0 Å². The van der Waals surface area contributed by atoms with Crippen molar-refractivity contribution in [2.75, 3.05) is 30.4 Å². The van der Waals surface area contributed by atoms with Gasteiger partial charge in [0.2, 0.25) is 5.91 Å². The van der Waals surface area contributed by atoms with Gasteiger partial charge in [0.15, 0.2) is 17.3 Å². The minimum absolute atomic E-state index is 0.0406. The van der Waals surface area contributed by atoms with E-state index in [1.807, 2.05) is 18.2 Å². The van der Waals surface area contributed by atoms with Gasteiger partial charge in [-0.15, -0.1) is 0 Å². The van der Waals surface area contributed by atoms with E-state index in [2.05, 4.69) is 10.6 Å². The second kappa shape index (κ2) is 8.41. The van der Waals surface area contributed by atoms with E-state index in [0.717, 1.165) is 43.1 Å². The van der Waals surface area contributed by atoms with Gasteiger partial charge in [-0.1, -0.05) is 18.9 Å². The number of anilines is 2. The largest absolute Gasteiger partial charge is 0.486 e. The Labute approximate surface area is 178 Å². The number of benzene rings is 2. The molecule has 1 aliphatic carbocycles. The van der Waals surface area contributed by atoms with E-state index in [-0.39, 0.29) is 16.8 Å². The van der Waals surface area contributed by atoms with Crippen molar-refractivity contribution >= 4 is 23.0 Å². The lowest BCUT2D eigenvalue weighted by atomic mass is 9.78. The first-order valence-corrected chi connectivity index (χ1v) is 10.3. The minimum atomic E-state index is -0.740. The van der Waals surface area contributed by atoms with E-state index in [1.54, 1.807) is 0 Å². The van der Waals surface area contributed by atoms with E-state index in [0.29, 0.717) is 25.5 Å². The Hall–Kier alpha value is -3.36. The first-order chi connectivity index (χ1) is 14.9. The number of carbonyl (C=O) groups is 1. The standard InChI is InChI=1S/C22H24FN3O5/c1-14(27)25-18-12-17(16(23)11-19(18)26(28)29)24-13-22(6-2-3-7-22)15-4-5-20-21(10-15)31-9-8-30-20/h4-5,10-12,24H,2-3,6-9,13H2,1H3,(H,25,27). The number of nitro benzene ring substituents is 1. The summed E-state index contributed by atoms with van der Waals surface area (Å²) in [7, 11) is 0. The second-order valence-electron chi connectivity index (χ2n) is 7.99. The summed E-state index contributed by atoms with van der Waals surface area (Å²) in [5.41, 5.74) is 0.448. The first kappa shape index (κ1) is 20.9. The molecule has 2 aliphatic rings. The van der Waals surface area contributed by atoms with Crippen LogP contribution >= 0.6 is 0 Å². The number of amides is 1. The molecule has 1 aliphatic heterocycles. The highest BCUT2D eigenvalue weighted by atomic mass is 19.1. The van der Waals surface area contributed by atoms with Gasteiger partial charge in [0.05, 0.1) is 16.7 Å². The van der Waals surface area contributed by atoms with Gasteiger partial charge in [-0.2, -0.15) is 0 Å². The van der Waals surface area contributed by atoms with E-state index >= 15 is 0 Å². The molecule has 0 bridgehead atoms. The Morgan fingerprint density at radius 3 is 2.52 bits per heavy atom. The lowest BCUT2D eigenvalue weighted by Crippen LogP contribution is -2.32. The lowest BCUT2D eigenvalue weighted by molar-refractivity contribution is -0.384. The highest BCUT2D eigenvalue weighted by molar-refractivity contribution is 5.92. The smallest absolute Gasteiger partial charge is 0.295 e. The zero-order chi connectivity index (χ0) is 22.0. The van der Waals surface area contributed by atoms with Crippen LogP contribution in [0.25, 0.3) is 0 Å². The average Bonchev–Trinajstić information content (AvgIpc) is 3.23. The van der Waals surface area contributed by atoms with Gasteiger partial charge in [-0.3, -0.25) is 14.9 Å². The molecule has 4 rings (SSSR count). The van der Waals surface area contributed by atoms with Crippen molar-refractivity contribution in [2.24, 2.45) is 0 Å². The molecule has 2 N–H and O–H groups in total. The third-order valence-electron chi connectivity index (χ3n) is 5.93. The molecule has 1 fully saturated rings. The zero-order valence-electron chi connectivity index (χ0n) is 17.2. The van der Waals surface area contributed by atoms with Crippen molar-refractivity contribution in [3.8, 4) is 11.5 Å². The molecular weight excluding hydrogens is 405 g/mol. The molecule has 2 aromatic rings.